The van der Waals surface area contributed by atoms with E-state index in [1.165, 1.54) is 11.0 Å². The van der Waals surface area contributed by atoms with E-state index in [1.54, 1.807) is 0 Å². The van der Waals surface area contributed by atoms with Crippen LogP contribution in [0.5, 0.6) is 0 Å². The molecule has 0 radical (unpaired) electrons. The lowest BCUT2D eigenvalue weighted by Crippen LogP contribution is -2.46. The highest BCUT2D eigenvalue weighted by molar-refractivity contribution is 6.55. The van der Waals surface area contributed by atoms with E-state index in [1.807, 2.05) is 0 Å². The lowest BCUT2D eigenvalue weighted by atomic mass is 9.49. The average molecular weight is 394 g/mol. The van der Waals surface area contributed by atoms with Gasteiger partial charge in [0.15, 0.2) is 0 Å². The summed E-state index contributed by atoms with van der Waals surface area (Å²) in [5.41, 5.74) is 1.80. The Hall–Kier alpha value is -1.32. The van der Waals surface area contributed by atoms with Gasteiger partial charge in [-0.2, -0.15) is 0 Å². The van der Waals surface area contributed by atoms with Crippen molar-refractivity contribution in [2.45, 2.75) is 86.4 Å². The van der Waals surface area contributed by atoms with Crippen molar-refractivity contribution < 1.29 is 9.31 Å². The fourth-order valence-corrected chi connectivity index (χ4v) is 4.98. The molecule has 1 aromatic rings. The van der Waals surface area contributed by atoms with Gasteiger partial charge in [0.25, 0.3) is 0 Å². The smallest absolute Gasteiger partial charge is 0.400 e. The fourth-order valence-electron chi connectivity index (χ4n) is 4.98. The van der Waals surface area contributed by atoms with E-state index in [-0.39, 0.29) is 40.5 Å². The molecule has 0 amide bonds. The molecule has 1 unspecified atom stereocenters. The number of allylic oxidation sites excluding steroid dienone is 4. The Morgan fingerprint density at radius 3 is 1.72 bits per heavy atom. The number of hydrogen-bond acceptors (Lipinski definition) is 2. The minimum atomic E-state index is -0.354. The normalized spacial score (nSPS) is 25.8. The van der Waals surface area contributed by atoms with Gasteiger partial charge in [-0.3, -0.25) is 0 Å². The lowest BCUT2D eigenvalue weighted by molar-refractivity contribution is 0.00578. The molecule has 1 aliphatic heterocycles. The largest absolute Gasteiger partial charge is 0.491 e. The van der Waals surface area contributed by atoms with Crippen LogP contribution in [0.3, 0.4) is 0 Å². The van der Waals surface area contributed by atoms with Crippen LogP contribution in [0, 0.1) is 16.2 Å². The van der Waals surface area contributed by atoms with Gasteiger partial charge >= 0.3 is 7.12 Å². The third kappa shape index (κ3) is 3.66. The summed E-state index contributed by atoms with van der Waals surface area (Å²) in [6, 6.07) is 10.7. The zero-order valence-corrected chi connectivity index (χ0v) is 20.1. The molecule has 3 rings (SSSR count). The first-order valence-corrected chi connectivity index (χ1v) is 10.9. The lowest BCUT2D eigenvalue weighted by Gasteiger charge is -2.52. The molecule has 29 heavy (non-hydrogen) atoms. The van der Waals surface area contributed by atoms with Crippen molar-refractivity contribution in [3.8, 4) is 0 Å². The molecular formula is C26H39BO2. The van der Waals surface area contributed by atoms with Crippen LogP contribution in [-0.2, 0) is 9.31 Å². The van der Waals surface area contributed by atoms with Gasteiger partial charge in [0.2, 0.25) is 0 Å². The summed E-state index contributed by atoms with van der Waals surface area (Å²) in [4.78, 5) is 0. The second-order valence-electron chi connectivity index (χ2n) is 11.8. The molecule has 1 heterocycles. The first-order chi connectivity index (χ1) is 13.1. The Labute approximate surface area is 178 Å². The third-order valence-electron chi connectivity index (χ3n) is 7.47. The van der Waals surface area contributed by atoms with Gasteiger partial charge in [-0.25, -0.2) is 0 Å². The van der Waals surface area contributed by atoms with E-state index in [4.69, 9.17) is 9.31 Å². The Morgan fingerprint density at radius 2 is 1.28 bits per heavy atom. The van der Waals surface area contributed by atoms with Gasteiger partial charge in [-0.1, -0.05) is 90.1 Å². The summed E-state index contributed by atoms with van der Waals surface area (Å²) in [6.45, 7) is 22.5. The zero-order valence-electron chi connectivity index (χ0n) is 20.1. The highest BCUT2D eigenvalue weighted by Crippen LogP contribution is 2.58. The first-order valence-electron chi connectivity index (χ1n) is 10.9. The van der Waals surface area contributed by atoms with Crippen LogP contribution in [-0.4, -0.2) is 18.3 Å². The van der Waals surface area contributed by atoms with Crippen molar-refractivity contribution in [3.63, 3.8) is 0 Å². The molecule has 2 aliphatic rings. The molecule has 0 spiro atoms. The molecule has 2 nitrogen and oxygen atoms in total. The summed E-state index contributed by atoms with van der Waals surface area (Å²) < 4.78 is 13.1. The van der Waals surface area contributed by atoms with Crippen LogP contribution in [0.25, 0.3) is 0 Å². The van der Waals surface area contributed by atoms with E-state index in [0.717, 1.165) is 0 Å². The minimum absolute atomic E-state index is 0.0539. The fraction of sp³-hybridized carbons (Fsp3) is 0.615. The van der Waals surface area contributed by atoms with Crippen molar-refractivity contribution in [1.82, 2.24) is 0 Å². The number of rotatable bonds is 2. The Morgan fingerprint density at radius 1 is 0.793 bits per heavy atom. The second-order valence-corrected chi connectivity index (χ2v) is 11.8. The monoisotopic (exact) mass is 394 g/mol. The van der Waals surface area contributed by atoms with Crippen molar-refractivity contribution >= 4 is 7.12 Å². The van der Waals surface area contributed by atoms with E-state index >= 15 is 0 Å². The predicted molar refractivity (Wildman–Crippen MR) is 124 cm³/mol. The third-order valence-corrected chi connectivity index (χ3v) is 7.47. The summed E-state index contributed by atoms with van der Waals surface area (Å²) in [5, 5.41) is 0. The summed E-state index contributed by atoms with van der Waals surface area (Å²) in [6.07, 6.45) is 7.30. The average Bonchev–Trinajstić information content (AvgIpc) is 2.81. The van der Waals surface area contributed by atoms with Crippen LogP contribution in [0.4, 0.5) is 0 Å². The van der Waals surface area contributed by atoms with Crippen LogP contribution in [0.15, 0.2) is 54.0 Å². The molecular weight excluding hydrogens is 355 g/mol. The summed E-state index contributed by atoms with van der Waals surface area (Å²) in [5.74, 6) is 0.156. The predicted octanol–water partition coefficient (Wildman–Crippen LogP) is 6.98. The summed E-state index contributed by atoms with van der Waals surface area (Å²) >= 11 is 0. The quantitative estimate of drug-likeness (QED) is 0.398. The van der Waals surface area contributed by atoms with Gasteiger partial charge in [0, 0.05) is 11.3 Å². The molecule has 158 valence electrons. The number of benzene rings is 1. The van der Waals surface area contributed by atoms with Crippen molar-refractivity contribution in [3.05, 3.63) is 59.6 Å². The van der Waals surface area contributed by atoms with Gasteiger partial charge < -0.3 is 9.31 Å². The molecule has 1 atom stereocenters. The maximum atomic E-state index is 6.55. The molecule has 1 aromatic carbocycles. The van der Waals surface area contributed by atoms with Crippen molar-refractivity contribution in [1.29, 1.82) is 0 Å². The molecule has 1 saturated heterocycles. The molecule has 0 aromatic heterocycles. The molecule has 0 bridgehead atoms. The number of hydrogen-bond donors (Lipinski definition) is 0. The first kappa shape index (κ1) is 22.4. The van der Waals surface area contributed by atoms with E-state index in [9.17, 15) is 0 Å². The molecule has 1 aliphatic carbocycles. The van der Waals surface area contributed by atoms with E-state index in [0.29, 0.717) is 0 Å². The van der Waals surface area contributed by atoms with Gasteiger partial charge in [-0.05, 0) is 49.6 Å². The maximum Gasteiger partial charge on any atom is 0.491 e. The van der Waals surface area contributed by atoms with Crippen LogP contribution in [0.1, 0.15) is 80.7 Å². The summed E-state index contributed by atoms with van der Waals surface area (Å²) in [7, 11) is -0.348. The molecule has 0 saturated carbocycles. The highest BCUT2D eigenvalue weighted by Gasteiger charge is 2.56. The standard InChI is InChI=1S/C26H39BO2/c1-22(2,3)26(23(4,5)6)17-16-20(19-14-12-11-13-15-19)21(18-26)27-28-24(7,8)25(9,10)29-27/h11-18,20H,1-10H3. The maximum absolute atomic E-state index is 6.55. The topological polar surface area (TPSA) is 18.5 Å². The van der Waals surface area contributed by atoms with E-state index in [2.05, 4.69) is 118 Å². The van der Waals surface area contributed by atoms with Gasteiger partial charge in [0.1, 0.15) is 0 Å². The zero-order chi connectivity index (χ0) is 21.9. The molecule has 0 N–H and O–H groups in total. The molecule has 3 heteroatoms. The molecule has 1 fully saturated rings. The van der Waals surface area contributed by atoms with Crippen molar-refractivity contribution in [2.24, 2.45) is 16.2 Å². The van der Waals surface area contributed by atoms with E-state index < -0.39 is 0 Å². The Bertz CT molecular complexity index is 773. The van der Waals surface area contributed by atoms with Gasteiger partial charge in [0.05, 0.1) is 11.2 Å². The van der Waals surface area contributed by atoms with Crippen LogP contribution in [0.2, 0.25) is 0 Å². The van der Waals surface area contributed by atoms with Crippen LogP contribution >= 0.6 is 0 Å². The van der Waals surface area contributed by atoms with Crippen LogP contribution < -0.4 is 0 Å². The minimum Gasteiger partial charge on any atom is -0.400 e. The highest BCUT2D eigenvalue weighted by atomic mass is 16.7. The second kappa shape index (κ2) is 6.85. The van der Waals surface area contributed by atoms with Gasteiger partial charge in [-0.15, -0.1) is 0 Å². The Kier molecular flexibility index (Phi) is 5.29. The Balaban J connectivity index is 2.18. The SMILES string of the molecule is CC(C)(C)C1(C(C)(C)C)C=CC(c2ccccc2)C(B2OC(C)(C)C(C)(C)O2)=C1. The van der Waals surface area contributed by atoms with Crippen molar-refractivity contribution in [2.75, 3.05) is 0 Å².